The van der Waals surface area contributed by atoms with Crippen LogP contribution in [0.2, 0.25) is 10.0 Å². The highest BCUT2D eigenvalue weighted by Crippen LogP contribution is 2.30. The maximum atomic E-state index is 11.8. The molecule has 0 fully saturated rings. The number of benzene rings is 1. The highest BCUT2D eigenvalue weighted by molar-refractivity contribution is 7.99. The zero-order valence-electron chi connectivity index (χ0n) is 9.93. The number of aryl methyl sites for hydroxylation is 1. The normalized spacial score (nSPS) is 10.5. The van der Waals surface area contributed by atoms with Gasteiger partial charge in [0, 0.05) is 7.05 Å². The number of para-hydroxylation sites is 1. The highest BCUT2D eigenvalue weighted by Gasteiger charge is 2.11. The predicted molar refractivity (Wildman–Crippen MR) is 76.8 cm³/mol. The molecule has 0 aliphatic heterocycles. The third kappa shape index (κ3) is 3.62. The van der Waals surface area contributed by atoms with Crippen LogP contribution in [0.1, 0.15) is 0 Å². The number of halogens is 2. The molecule has 2 rings (SSSR count). The third-order valence-corrected chi connectivity index (χ3v) is 3.89. The lowest BCUT2D eigenvalue weighted by molar-refractivity contribution is -0.113. The Morgan fingerprint density at radius 3 is 2.68 bits per heavy atom. The Bertz CT molecular complexity index is 582. The summed E-state index contributed by atoms with van der Waals surface area (Å²) < 4.78 is 1.74. The minimum atomic E-state index is -0.206. The van der Waals surface area contributed by atoms with E-state index in [4.69, 9.17) is 23.2 Å². The molecule has 0 atom stereocenters. The number of hydrogen-bond acceptors (Lipinski definition) is 4. The monoisotopic (exact) mass is 316 g/mol. The lowest BCUT2D eigenvalue weighted by Crippen LogP contribution is -2.15. The van der Waals surface area contributed by atoms with Crippen LogP contribution in [0.5, 0.6) is 0 Å². The topological polar surface area (TPSA) is 59.8 Å². The summed E-state index contributed by atoms with van der Waals surface area (Å²) in [6.45, 7) is 0. The van der Waals surface area contributed by atoms with Gasteiger partial charge in [-0.3, -0.25) is 4.79 Å². The molecule has 5 nitrogen and oxygen atoms in total. The summed E-state index contributed by atoms with van der Waals surface area (Å²) in [6, 6.07) is 5.05. The molecule has 19 heavy (non-hydrogen) atoms. The second-order valence-corrected chi connectivity index (χ2v) is 5.41. The number of thioether (sulfide) groups is 1. The molecule has 100 valence electrons. The van der Waals surface area contributed by atoms with Crippen molar-refractivity contribution in [3.05, 3.63) is 34.6 Å². The molecule has 1 aromatic carbocycles. The van der Waals surface area contributed by atoms with Gasteiger partial charge < -0.3 is 9.88 Å². The third-order valence-electron chi connectivity index (χ3n) is 2.23. The van der Waals surface area contributed by atoms with Crippen molar-refractivity contribution >= 4 is 46.6 Å². The van der Waals surface area contributed by atoms with Crippen LogP contribution in [0.3, 0.4) is 0 Å². The Balaban J connectivity index is 1.97. The number of hydrogen-bond donors (Lipinski definition) is 1. The summed E-state index contributed by atoms with van der Waals surface area (Å²) in [5.41, 5.74) is 0.425. The molecule has 0 radical (unpaired) electrons. The van der Waals surface area contributed by atoms with Crippen LogP contribution < -0.4 is 5.32 Å². The Morgan fingerprint density at radius 1 is 1.42 bits per heavy atom. The maximum absolute atomic E-state index is 11.8. The first-order valence-electron chi connectivity index (χ1n) is 5.28. The fourth-order valence-corrected chi connectivity index (χ4v) is 2.51. The highest BCUT2D eigenvalue weighted by atomic mass is 35.5. The fourth-order valence-electron chi connectivity index (χ4n) is 1.33. The van der Waals surface area contributed by atoms with Gasteiger partial charge in [0.2, 0.25) is 5.91 Å². The first kappa shape index (κ1) is 14.2. The molecule has 0 aliphatic rings. The molecule has 0 spiro atoms. The first-order valence-corrected chi connectivity index (χ1v) is 7.02. The van der Waals surface area contributed by atoms with Crippen LogP contribution in [0, 0.1) is 0 Å². The number of nitrogens with one attached hydrogen (secondary N) is 1. The molecule has 0 unspecified atom stereocenters. The smallest absolute Gasteiger partial charge is 0.234 e. The SMILES string of the molecule is Cn1cnnc1SCC(=O)Nc1c(Cl)cccc1Cl. The molecule has 0 aliphatic carbocycles. The molecule has 0 saturated carbocycles. The van der Waals surface area contributed by atoms with Gasteiger partial charge in [0.05, 0.1) is 21.5 Å². The summed E-state index contributed by atoms with van der Waals surface area (Å²) in [5, 5.41) is 11.8. The van der Waals surface area contributed by atoms with Crippen molar-refractivity contribution in [3.8, 4) is 0 Å². The Hall–Kier alpha value is -1.24. The number of anilines is 1. The lowest BCUT2D eigenvalue weighted by atomic mass is 10.3. The van der Waals surface area contributed by atoms with Gasteiger partial charge in [0.25, 0.3) is 0 Å². The van der Waals surface area contributed by atoms with E-state index in [9.17, 15) is 4.79 Å². The van der Waals surface area contributed by atoms with Crippen molar-refractivity contribution in [2.24, 2.45) is 7.05 Å². The second-order valence-electron chi connectivity index (χ2n) is 3.66. The van der Waals surface area contributed by atoms with Gasteiger partial charge in [-0.2, -0.15) is 0 Å². The van der Waals surface area contributed by atoms with Gasteiger partial charge in [-0.1, -0.05) is 41.0 Å². The summed E-state index contributed by atoms with van der Waals surface area (Å²) in [6.07, 6.45) is 1.57. The number of carbonyl (C=O) groups excluding carboxylic acids is 1. The van der Waals surface area contributed by atoms with E-state index in [1.54, 1.807) is 29.1 Å². The Kier molecular flexibility index (Phi) is 4.68. The molecule has 0 saturated heterocycles. The quantitative estimate of drug-likeness (QED) is 0.881. The molecular formula is C11H10Cl2N4OS. The van der Waals surface area contributed by atoms with Crippen LogP contribution in [-0.2, 0) is 11.8 Å². The largest absolute Gasteiger partial charge is 0.323 e. The van der Waals surface area contributed by atoms with Crippen LogP contribution in [-0.4, -0.2) is 26.4 Å². The molecule has 1 amide bonds. The van der Waals surface area contributed by atoms with E-state index in [1.807, 2.05) is 7.05 Å². The standard InChI is InChI=1S/C11H10Cl2N4OS/c1-17-6-14-16-11(17)19-5-9(18)15-10-7(12)3-2-4-8(10)13/h2-4,6H,5H2,1H3,(H,15,18). The Morgan fingerprint density at radius 2 is 2.11 bits per heavy atom. The summed E-state index contributed by atoms with van der Waals surface area (Å²) in [7, 11) is 1.81. The van der Waals surface area contributed by atoms with Gasteiger partial charge in [0.15, 0.2) is 5.16 Å². The van der Waals surface area contributed by atoms with Gasteiger partial charge in [0.1, 0.15) is 6.33 Å². The average molecular weight is 317 g/mol. The minimum Gasteiger partial charge on any atom is -0.323 e. The van der Waals surface area contributed by atoms with Crippen molar-refractivity contribution in [2.75, 3.05) is 11.1 Å². The van der Waals surface area contributed by atoms with Crippen molar-refractivity contribution in [1.29, 1.82) is 0 Å². The van der Waals surface area contributed by atoms with Crippen molar-refractivity contribution < 1.29 is 4.79 Å². The Labute approximate surface area is 124 Å². The first-order chi connectivity index (χ1) is 9.08. The molecule has 2 aromatic rings. The molecule has 1 aromatic heterocycles. The zero-order valence-corrected chi connectivity index (χ0v) is 12.3. The van der Waals surface area contributed by atoms with Crippen LogP contribution in [0.25, 0.3) is 0 Å². The van der Waals surface area contributed by atoms with Crippen molar-refractivity contribution in [3.63, 3.8) is 0 Å². The van der Waals surface area contributed by atoms with E-state index in [1.165, 1.54) is 11.8 Å². The minimum absolute atomic E-state index is 0.202. The van der Waals surface area contributed by atoms with E-state index >= 15 is 0 Å². The van der Waals surface area contributed by atoms with Crippen LogP contribution >= 0.6 is 35.0 Å². The number of amides is 1. The molecular weight excluding hydrogens is 307 g/mol. The lowest BCUT2D eigenvalue weighted by Gasteiger charge is -2.08. The second kappa shape index (κ2) is 6.27. The van der Waals surface area contributed by atoms with E-state index in [-0.39, 0.29) is 11.7 Å². The molecule has 1 N–H and O–H groups in total. The summed E-state index contributed by atoms with van der Waals surface area (Å²) in [5.74, 6) is -0.00309. The number of rotatable bonds is 4. The predicted octanol–water partition coefficient (Wildman–Crippen LogP) is 2.85. The van der Waals surface area contributed by atoms with Crippen LogP contribution in [0.15, 0.2) is 29.7 Å². The molecule has 1 heterocycles. The molecule has 8 heteroatoms. The van der Waals surface area contributed by atoms with Gasteiger partial charge in [-0.25, -0.2) is 0 Å². The van der Waals surface area contributed by atoms with E-state index < -0.39 is 0 Å². The van der Waals surface area contributed by atoms with E-state index in [0.29, 0.717) is 20.9 Å². The zero-order chi connectivity index (χ0) is 13.8. The van der Waals surface area contributed by atoms with E-state index in [0.717, 1.165) is 0 Å². The van der Waals surface area contributed by atoms with E-state index in [2.05, 4.69) is 15.5 Å². The summed E-state index contributed by atoms with van der Waals surface area (Å²) >= 11 is 13.2. The van der Waals surface area contributed by atoms with Crippen molar-refractivity contribution in [2.45, 2.75) is 5.16 Å². The average Bonchev–Trinajstić information content (AvgIpc) is 2.77. The maximum Gasteiger partial charge on any atom is 0.234 e. The van der Waals surface area contributed by atoms with Crippen LogP contribution in [0.4, 0.5) is 5.69 Å². The van der Waals surface area contributed by atoms with Gasteiger partial charge >= 0.3 is 0 Å². The van der Waals surface area contributed by atoms with Gasteiger partial charge in [-0.15, -0.1) is 10.2 Å². The van der Waals surface area contributed by atoms with Gasteiger partial charge in [-0.05, 0) is 12.1 Å². The number of aromatic nitrogens is 3. The number of carbonyl (C=O) groups is 1. The fraction of sp³-hybridized carbons (Fsp3) is 0.182. The molecule has 0 bridgehead atoms. The van der Waals surface area contributed by atoms with Crippen molar-refractivity contribution in [1.82, 2.24) is 14.8 Å². The summed E-state index contributed by atoms with van der Waals surface area (Å²) in [4.78, 5) is 11.8. The number of nitrogens with zero attached hydrogens (tertiary/aromatic N) is 3.